The Balaban J connectivity index is 0.00000400. The van der Waals surface area contributed by atoms with Crippen molar-refractivity contribution in [3.63, 3.8) is 0 Å². The van der Waals surface area contributed by atoms with Crippen LogP contribution in [0.2, 0.25) is 0 Å². The zero-order valence-corrected chi connectivity index (χ0v) is 13.6. The Morgan fingerprint density at radius 2 is 1.86 bits per heavy atom. The Bertz CT molecular complexity index is 502. The molecular weight excluding hydrogens is 339 g/mol. The fraction of sp³-hybridized carbons (Fsp3) is 0.286. The maximum Gasteiger partial charge on any atom is 0.251 e. The van der Waals surface area contributed by atoms with E-state index in [1.807, 2.05) is 6.92 Å². The number of guanidine groups is 1. The van der Waals surface area contributed by atoms with E-state index >= 15 is 0 Å². The minimum atomic E-state index is -0.371. The number of nitrogens with two attached hydrogens (primary N) is 1. The summed E-state index contributed by atoms with van der Waals surface area (Å²) in [5.41, 5.74) is 6.94. The lowest BCUT2D eigenvalue weighted by molar-refractivity contribution is 0.0954. The topological polar surface area (TPSA) is 79.5 Å². The second-order valence-electron chi connectivity index (χ2n) is 4.35. The number of amides is 1. The summed E-state index contributed by atoms with van der Waals surface area (Å²) < 4.78 is 12.7. The van der Waals surface area contributed by atoms with Gasteiger partial charge in [0.15, 0.2) is 5.96 Å². The van der Waals surface area contributed by atoms with E-state index in [0.717, 1.165) is 5.57 Å². The molecule has 5 nitrogen and oxygen atoms in total. The van der Waals surface area contributed by atoms with Crippen LogP contribution in [0.4, 0.5) is 4.39 Å². The monoisotopic (exact) mass is 358 g/mol. The molecule has 1 amide bonds. The molecule has 1 aromatic rings. The summed E-state index contributed by atoms with van der Waals surface area (Å²) in [5.74, 6) is -0.321. The molecule has 0 aliphatic rings. The molecule has 0 heterocycles. The second-order valence-corrected chi connectivity index (χ2v) is 4.35. The summed E-state index contributed by atoms with van der Waals surface area (Å²) >= 11 is 0. The smallest absolute Gasteiger partial charge is 0.251 e. The van der Waals surface area contributed by atoms with Crippen molar-refractivity contribution in [1.82, 2.24) is 10.6 Å². The first-order valence-corrected chi connectivity index (χ1v) is 6.21. The van der Waals surface area contributed by atoms with Gasteiger partial charge in [0.25, 0.3) is 5.91 Å². The molecule has 0 saturated heterocycles. The van der Waals surface area contributed by atoms with Gasteiger partial charge >= 0.3 is 0 Å². The fourth-order valence-electron chi connectivity index (χ4n) is 1.35. The number of rotatable bonds is 6. The molecule has 0 fully saturated rings. The molecule has 0 aromatic heterocycles. The first-order valence-electron chi connectivity index (χ1n) is 6.21. The number of halogens is 2. The van der Waals surface area contributed by atoms with Crippen LogP contribution < -0.4 is 16.4 Å². The van der Waals surface area contributed by atoms with E-state index in [-0.39, 0.29) is 28.7 Å². The number of hydrogen-bond acceptors (Lipinski definition) is 2. The van der Waals surface area contributed by atoms with Gasteiger partial charge in [-0.2, -0.15) is 0 Å². The fourth-order valence-corrected chi connectivity index (χ4v) is 1.35. The van der Waals surface area contributed by atoms with Crippen LogP contribution in [0.25, 0.3) is 0 Å². The van der Waals surface area contributed by atoms with Gasteiger partial charge in [0.2, 0.25) is 0 Å². The zero-order valence-electron chi connectivity index (χ0n) is 11.9. The third kappa shape index (κ3) is 8.09. The Hall–Kier alpha value is -1.89. The Labute approximate surface area is 134 Å². The lowest BCUT2D eigenvalue weighted by Gasteiger charge is -2.07. The second kappa shape index (κ2) is 9.93. The van der Waals surface area contributed by atoms with Crippen molar-refractivity contribution in [2.24, 2.45) is 10.7 Å². The van der Waals surface area contributed by atoms with Gasteiger partial charge in [-0.3, -0.25) is 4.79 Å². The molecule has 0 aliphatic heterocycles. The lowest BCUT2D eigenvalue weighted by Crippen LogP contribution is -2.38. The lowest BCUT2D eigenvalue weighted by atomic mass is 10.2. The molecule has 0 radical (unpaired) electrons. The van der Waals surface area contributed by atoms with Crippen molar-refractivity contribution < 1.29 is 9.18 Å². The molecule has 4 N–H and O–H groups in total. The molecule has 1 rings (SSSR count). The molecule has 0 spiro atoms. The summed E-state index contributed by atoms with van der Waals surface area (Å²) in [4.78, 5) is 15.7. The first-order chi connectivity index (χ1) is 9.49. The third-order valence-electron chi connectivity index (χ3n) is 2.34. The minimum absolute atomic E-state index is 0. The van der Waals surface area contributed by atoms with Crippen LogP contribution in [0, 0.1) is 5.82 Å². The predicted octanol–water partition coefficient (Wildman–Crippen LogP) is 1.61. The van der Waals surface area contributed by atoms with Gasteiger partial charge in [-0.25, -0.2) is 9.38 Å². The van der Waals surface area contributed by atoms with Gasteiger partial charge in [-0.1, -0.05) is 12.2 Å². The average Bonchev–Trinajstić information content (AvgIpc) is 2.42. The molecule has 0 unspecified atom stereocenters. The summed E-state index contributed by atoms with van der Waals surface area (Å²) in [5, 5.41) is 5.55. The van der Waals surface area contributed by atoms with E-state index in [9.17, 15) is 9.18 Å². The molecule has 7 heteroatoms. The standard InChI is InChI=1S/C14H19FN4O.BrH/c1-10(2)9-19-14(16)18-8-7-17-13(20)11-3-5-12(15)6-4-11;/h3-6H,1,7-9H2,2H3,(H,17,20)(H3,16,18,19);1H. The zero-order chi connectivity index (χ0) is 15.0. The van der Waals surface area contributed by atoms with Gasteiger partial charge in [0.05, 0.1) is 6.54 Å². The molecule has 1 aromatic carbocycles. The maximum absolute atomic E-state index is 12.7. The Morgan fingerprint density at radius 1 is 1.29 bits per heavy atom. The van der Waals surface area contributed by atoms with E-state index in [1.54, 1.807) is 0 Å². The number of hydrogen-bond donors (Lipinski definition) is 3. The molecule has 21 heavy (non-hydrogen) atoms. The summed E-state index contributed by atoms with van der Waals surface area (Å²) in [7, 11) is 0. The molecule has 0 aliphatic carbocycles. The van der Waals surface area contributed by atoms with Crippen LogP contribution in [0.3, 0.4) is 0 Å². The molecule has 0 bridgehead atoms. The summed E-state index contributed by atoms with van der Waals surface area (Å²) in [6, 6.07) is 5.35. The van der Waals surface area contributed by atoms with Crippen LogP contribution in [0.15, 0.2) is 41.4 Å². The number of benzene rings is 1. The van der Waals surface area contributed by atoms with Gasteiger partial charge < -0.3 is 16.4 Å². The Kier molecular flexibility index (Phi) is 9.03. The number of nitrogens with zero attached hydrogens (tertiary/aromatic N) is 1. The van der Waals surface area contributed by atoms with E-state index < -0.39 is 0 Å². The van der Waals surface area contributed by atoms with Crippen LogP contribution in [0.5, 0.6) is 0 Å². The van der Waals surface area contributed by atoms with E-state index in [1.165, 1.54) is 24.3 Å². The van der Waals surface area contributed by atoms with E-state index in [0.29, 0.717) is 31.2 Å². The van der Waals surface area contributed by atoms with Crippen LogP contribution >= 0.6 is 17.0 Å². The van der Waals surface area contributed by atoms with Gasteiger partial charge in [0.1, 0.15) is 5.82 Å². The largest absolute Gasteiger partial charge is 0.370 e. The average molecular weight is 359 g/mol. The van der Waals surface area contributed by atoms with Crippen LogP contribution in [-0.4, -0.2) is 31.5 Å². The maximum atomic E-state index is 12.7. The molecule has 0 atom stereocenters. The SMILES string of the molecule is Br.C=C(C)CN=C(N)NCCNC(=O)c1ccc(F)cc1. The molecular formula is C14H20BrFN4O. The van der Waals surface area contributed by atoms with Crippen molar-refractivity contribution >= 4 is 28.8 Å². The first kappa shape index (κ1) is 19.1. The number of carbonyl (C=O) groups excluding carboxylic acids is 1. The number of nitrogens with one attached hydrogen (secondary N) is 2. The predicted molar refractivity (Wildman–Crippen MR) is 88.4 cm³/mol. The summed E-state index contributed by atoms with van der Waals surface area (Å²) in [6.45, 7) is 6.89. The van der Waals surface area contributed by atoms with Crippen LogP contribution in [0.1, 0.15) is 17.3 Å². The highest BCUT2D eigenvalue weighted by atomic mass is 79.9. The van der Waals surface area contributed by atoms with Gasteiger partial charge in [-0.15, -0.1) is 17.0 Å². The van der Waals surface area contributed by atoms with Crippen molar-refractivity contribution in [3.8, 4) is 0 Å². The van der Waals surface area contributed by atoms with Gasteiger partial charge in [-0.05, 0) is 31.2 Å². The van der Waals surface area contributed by atoms with E-state index in [2.05, 4.69) is 22.2 Å². The highest BCUT2D eigenvalue weighted by Gasteiger charge is 2.04. The highest BCUT2D eigenvalue weighted by molar-refractivity contribution is 8.93. The van der Waals surface area contributed by atoms with Crippen molar-refractivity contribution in [2.75, 3.05) is 19.6 Å². The van der Waals surface area contributed by atoms with Crippen molar-refractivity contribution in [1.29, 1.82) is 0 Å². The van der Waals surface area contributed by atoms with Crippen LogP contribution in [-0.2, 0) is 0 Å². The van der Waals surface area contributed by atoms with E-state index in [4.69, 9.17) is 5.73 Å². The molecule has 0 saturated carbocycles. The van der Waals surface area contributed by atoms with Crippen molar-refractivity contribution in [2.45, 2.75) is 6.92 Å². The molecule has 116 valence electrons. The number of aliphatic imine (C=N–C) groups is 1. The normalized spacial score (nSPS) is 10.5. The van der Waals surface area contributed by atoms with Gasteiger partial charge in [0, 0.05) is 18.7 Å². The quantitative estimate of drug-likeness (QED) is 0.313. The third-order valence-corrected chi connectivity index (χ3v) is 2.34. The summed E-state index contributed by atoms with van der Waals surface area (Å²) in [6.07, 6.45) is 0. The highest BCUT2D eigenvalue weighted by Crippen LogP contribution is 2.01. The number of carbonyl (C=O) groups is 1. The van der Waals surface area contributed by atoms with Crippen molar-refractivity contribution in [3.05, 3.63) is 47.8 Å². The minimum Gasteiger partial charge on any atom is -0.370 e. The Morgan fingerprint density at radius 3 is 2.43 bits per heavy atom.